The van der Waals surface area contributed by atoms with Crippen LogP contribution in [0.25, 0.3) is 0 Å². The zero-order valence-electron chi connectivity index (χ0n) is 12.8. The van der Waals surface area contributed by atoms with Gasteiger partial charge in [-0.3, -0.25) is 4.79 Å². The van der Waals surface area contributed by atoms with E-state index in [1.54, 1.807) is 12.1 Å². The summed E-state index contributed by atoms with van der Waals surface area (Å²) in [4.78, 5) is 14.5. The minimum Gasteiger partial charge on any atom is -0.335 e. The number of carbonyl (C=O) groups is 1. The van der Waals surface area contributed by atoms with Crippen LogP contribution in [0, 0.1) is 11.7 Å². The summed E-state index contributed by atoms with van der Waals surface area (Å²) in [7, 11) is 0. The molecule has 0 spiro atoms. The molecule has 1 aromatic rings. The van der Waals surface area contributed by atoms with Gasteiger partial charge < -0.3 is 10.2 Å². The maximum Gasteiger partial charge on any atom is 0.223 e. The van der Waals surface area contributed by atoms with Crippen molar-refractivity contribution >= 4 is 18.3 Å². The summed E-state index contributed by atoms with van der Waals surface area (Å²) < 4.78 is 13.8. The minimum absolute atomic E-state index is 0. The van der Waals surface area contributed by atoms with Crippen LogP contribution in [-0.2, 0) is 11.3 Å². The van der Waals surface area contributed by atoms with Crippen LogP contribution in [0.2, 0.25) is 0 Å². The summed E-state index contributed by atoms with van der Waals surface area (Å²) in [5.41, 5.74) is 0.628. The largest absolute Gasteiger partial charge is 0.335 e. The molecule has 1 heterocycles. The van der Waals surface area contributed by atoms with Crippen molar-refractivity contribution in [3.63, 3.8) is 0 Å². The molecule has 122 valence electrons. The molecule has 0 bridgehead atoms. The number of hydrogen-bond acceptors (Lipinski definition) is 2. The van der Waals surface area contributed by atoms with E-state index >= 15 is 0 Å². The quantitative estimate of drug-likeness (QED) is 0.901. The molecule has 3 rings (SSSR count). The van der Waals surface area contributed by atoms with E-state index in [2.05, 4.69) is 5.32 Å². The molecule has 1 saturated carbocycles. The van der Waals surface area contributed by atoms with E-state index in [9.17, 15) is 9.18 Å². The fourth-order valence-electron chi connectivity index (χ4n) is 3.07. The van der Waals surface area contributed by atoms with Gasteiger partial charge in [0.25, 0.3) is 0 Å². The molecule has 1 saturated heterocycles. The highest BCUT2D eigenvalue weighted by Crippen LogP contribution is 2.30. The molecule has 1 aromatic carbocycles. The molecular formula is C17H24ClFN2O. The zero-order chi connectivity index (χ0) is 14.7. The Bertz CT molecular complexity index is 501. The number of nitrogens with one attached hydrogen (secondary N) is 1. The second kappa shape index (κ2) is 7.93. The molecule has 3 nitrogen and oxygen atoms in total. The normalized spacial score (nSPS) is 18.6. The Labute approximate surface area is 137 Å². The van der Waals surface area contributed by atoms with Crippen LogP contribution in [0.4, 0.5) is 4.39 Å². The molecule has 2 fully saturated rings. The molecule has 1 aliphatic carbocycles. The van der Waals surface area contributed by atoms with Crippen LogP contribution in [0.1, 0.15) is 37.7 Å². The van der Waals surface area contributed by atoms with E-state index in [1.165, 1.54) is 6.07 Å². The molecule has 1 amide bonds. The number of amides is 1. The lowest BCUT2D eigenvalue weighted by molar-refractivity contribution is -0.133. The number of halogens is 2. The van der Waals surface area contributed by atoms with Crippen molar-refractivity contribution in [3.05, 3.63) is 35.6 Å². The molecule has 0 unspecified atom stereocenters. The Hall–Kier alpha value is -1.13. The maximum atomic E-state index is 13.8. The number of piperidine rings is 1. The van der Waals surface area contributed by atoms with Gasteiger partial charge in [-0.05, 0) is 50.8 Å². The predicted molar refractivity (Wildman–Crippen MR) is 87.4 cm³/mol. The standard InChI is InChI=1S/C17H23FN2O.ClH/c18-16-4-2-1-3-14(16)12-20(15-5-6-15)17(21)11-13-7-9-19-10-8-13;/h1-4,13,15,19H,5-12H2;1H. The van der Waals surface area contributed by atoms with E-state index in [0.29, 0.717) is 30.5 Å². The summed E-state index contributed by atoms with van der Waals surface area (Å²) in [6.45, 7) is 2.44. The van der Waals surface area contributed by atoms with E-state index in [1.807, 2.05) is 11.0 Å². The fraction of sp³-hybridized carbons (Fsp3) is 0.588. The third kappa shape index (κ3) is 4.43. The highest BCUT2D eigenvalue weighted by Gasteiger charge is 2.33. The van der Waals surface area contributed by atoms with Crippen molar-refractivity contribution in [2.24, 2.45) is 5.92 Å². The summed E-state index contributed by atoms with van der Waals surface area (Å²) in [5.74, 6) is 0.478. The van der Waals surface area contributed by atoms with Crippen LogP contribution < -0.4 is 5.32 Å². The third-order valence-electron chi connectivity index (χ3n) is 4.53. The SMILES string of the molecule is Cl.O=C(CC1CCNCC1)N(Cc1ccccc1F)C1CC1. The van der Waals surface area contributed by atoms with Gasteiger partial charge in [-0.15, -0.1) is 12.4 Å². The molecule has 5 heteroatoms. The van der Waals surface area contributed by atoms with Gasteiger partial charge in [0.15, 0.2) is 0 Å². The zero-order valence-corrected chi connectivity index (χ0v) is 13.6. The second-order valence-electron chi connectivity index (χ2n) is 6.24. The Balaban J connectivity index is 0.00000176. The predicted octanol–water partition coefficient (Wildman–Crippen LogP) is 3.13. The lowest BCUT2D eigenvalue weighted by atomic mass is 9.94. The fourth-order valence-corrected chi connectivity index (χ4v) is 3.07. The smallest absolute Gasteiger partial charge is 0.223 e. The van der Waals surface area contributed by atoms with E-state index in [4.69, 9.17) is 0 Å². The first-order valence-electron chi connectivity index (χ1n) is 7.97. The van der Waals surface area contributed by atoms with Crippen LogP contribution in [0.3, 0.4) is 0 Å². The Morgan fingerprint density at radius 2 is 1.86 bits per heavy atom. The van der Waals surface area contributed by atoms with Crippen LogP contribution in [0.5, 0.6) is 0 Å². The number of carbonyl (C=O) groups excluding carboxylic acids is 1. The van der Waals surface area contributed by atoms with Gasteiger partial charge in [0.1, 0.15) is 5.82 Å². The van der Waals surface area contributed by atoms with Crippen LogP contribution >= 0.6 is 12.4 Å². The van der Waals surface area contributed by atoms with Crippen LogP contribution in [0.15, 0.2) is 24.3 Å². The number of hydrogen-bond donors (Lipinski definition) is 1. The van der Waals surface area contributed by atoms with Gasteiger partial charge in [0, 0.05) is 24.6 Å². The molecule has 0 atom stereocenters. The summed E-state index contributed by atoms with van der Waals surface area (Å²) in [6, 6.07) is 7.11. The first-order chi connectivity index (χ1) is 10.2. The first kappa shape index (κ1) is 17.2. The lowest BCUT2D eigenvalue weighted by Crippen LogP contribution is -2.36. The van der Waals surface area contributed by atoms with E-state index in [0.717, 1.165) is 38.8 Å². The van der Waals surface area contributed by atoms with Crippen molar-refractivity contribution in [1.29, 1.82) is 0 Å². The summed E-state index contributed by atoms with van der Waals surface area (Å²) >= 11 is 0. The minimum atomic E-state index is -0.210. The summed E-state index contributed by atoms with van der Waals surface area (Å²) in [6.07, 6.45) is 4.89. The third-order valence-corrected chi connectivity index (χ3v) is 4.53. The van der Waals surface area contributed by atoms with Gasteiger partial charge in [-0.25, -0.2) is 4.39 Å². The van der Waals surface area contributed by atoms with Gasteiger partial charge in [0.05, 0.1) is 0 Å². The Morgan fingerprint density at radius 3 is 2.50 bits per heavy atom. The van der Waals surface area contributed by atoms with E-state index in [-0.39, 0.29) is 24.1 Å². The maximum absolute atomic E-state index is 13.8. The number of nitrogens with zero attached hydrogens (tertiary/aromatic N) is 1. The molecule has 1 N–H and O–H groups in total. The molecule has 0 radical (unpaired) electrons. The molecule has 2 aliphatic rings. The summed E-state index contributed by atoms with van der Waals surface area (Å²) in [5, 5.41) is 3.33. The van der Waals surface area contributed by atoms with Crippen molar-refractivity contribution < 1.29 is 9.18 Å². The monoisotopic (exact) mass is 326 g/mol. The Kier molecular flexibility index (Phi) is 6.21. The second-order valence-corrected chi connectivity index (χ2v) is 6.24. The molecular weight excluding hydrogens is 303 g/mol. The Morgan fingerprint density at radius 1 is 1.18 bits per heavy atom. The van der Waals surface area contributed by atoms with E-state index < -0.39 is 0 Å². The number of rotatable bonds is 5. The first-order valence-corrected chi connectivity index (χ1v) is 7.97. The van der Waals surface area contributed by atoms with Gasteiger partial charge >= 0.3 is 0 Å². The lowest BCUT2D eigenvalue weighted by Gasteiger charge is -2.27. The molecule has 0 aromatic heterocycles. The van der Waals surface area contributed by atoms with Gasteiger partial charge in [-0.2, -0.15) is 0 Å². The van der Waals surface area contributed by atoms with Crippen molar-refractivity contribution in [1.82, 2.24) is 10.2 Å². The van der Waals surface area contributed by atoms with Gasteiger partial charge in [0.2, 0.25) is 5.91 Å². The van der Waals surface area contributed by atoms with Crippen molar-refractivity contribution in [2.75, 3.05) is 13.1 Å². The average molecular weight is 327 g/mol. The number of benzene rings is 1. The molecule has 22 heavy (non-hydrogen) atoms. The van der Waals surface area contributed by atoms with Crippen LogP contribution in [-0.4, -0.2) is 29.9 Å². The van der Waals surface area contributed by atoms with Gasteiger partial charge in [-0.1, -0.05) is 18.2 Å². The van der Waals surface area contributed by atoms with Crippen molar-refractivity contribution in [3.8, 4) is 0 Å². The highest BCUT2D eigenvalue weighted by molar-refractivity contribution is 5.85. The molecule has 1 aliphatic heterocycles. The van der Waals surface area contributed by atoms with Crippen molar-refractivity contribution in [2.45, 2.75) is 44.7 Å². The highest BCUT2D eigenvalue weighted by atomic mass is 35.5. The average Bonchev–Trinajstić information content (AvgIpc) is 3.32. The topological polar surface area (TPSA) is 32.3 Å².